The van der Waals surface area contributed by atoms with E-state index < -0.39 is 0 Å². The fourth-order valence-electron chi connectivity index (χ4n) is 1.78. The van der Waals surface area contributed by atoms with Crippen molar-refractivity contribution < 1.29 is 4.73 Å². The summed E-state index contributed by atoms with van der Waals surface area (Å²) in [7, 11) is 0. The third-order valence-electron chi connectivity index (χ3n) is 2.48. The Morgan fingerprint density at radius 1 is 1.23 bits per heavy atom. The average molecular weight is 178 g/mol. The Bertz CT molecular complexity index is 282. The van der Waals surface area contributed by atoms with Crippen molar-refractivity contribution in [3.8, 4) is 0 Å². The number of hydrogen-bond acceptors (Lipinski definition) is 2. The summed E-state index contributed by atoms with van der Waals surface area (Å²) in [6.07, 6.45) is 6.97. The molecule has 1 aromatic rings. The van der Waals surface area contributed by atoms with Gasteiger partial charge in [-0.1, -0.05) is 0 Å². The van der Waals surface area contributed by atoms with E-state index in [-0.39, 0.29) is 0 Å². The molecule has 1 aliphatic heterocycles. The van der Waals surface area contributed by atoms with Gasteiger partial charge in [0.05, 0.1) is 0 Å². The number of piperidine rings is 1. The van der Waals surface area contributed by atoms with E-state index in [1.807, 2.05) is 6.07 Å². The van der Waals surface area contributed by atoms with E-state index in [9.17, 15) is 5.21 Å². The molecule has 0 bridgehead atoms. The molecular weight excluding hydrogens is 164 g/mol. The van der Waals surface area contributed by atoms with Gasteiger partial charge in [-0.2, -0.15) is 4.73 Å². The monoisotopic (exact) mass is 178 g/mol. The zero-order valence-corrected chi connectivity index (χ0v) is 7.65. The standard InChI is InChI=1S/C10H14N2O/c13-12-8-4-5-10(9-12)11-6-2-1-3-7-11/h4-5,8-9H,1-3,6-7H2. The van der Waals surface area contributed by atoms with Crippen LogP contribution in [0.4, 0.5) is 5.69 Å². The Balaban J connectivity index is 2.14. The summed E-state index contributed by atoms with van der Waals surface area (Å²) in [5, 5.41) is 11.0. The van der Waals surface area contributed by atoms with Crippen LogP contribution in [0.2, 0.25) is 0 Å². The number of rotatable bonds is 1. The lowest BCUT2D eigenvalue weighted by atomic mass is 10.1. The molecule has 0 N–H and O–H groups in total. The Morgan fingerprint density at radius 3 is 2.69 bits per heavy atom. The normalized spacial score (nSPS) is 17.4. The molecule has 3 heteroatoms. The van der Waals surface area contributed by atoms with Crippen LogP contribution in [0.1, 0.15) is 19.3 Å². The van der Waals surface area contributed by atoms with Crippen LogP contribution in [0.25, 0.3) is 0 Å². The van der Waals surface area contributed by atoms with Crippen LogP contribution in [0.3, 0.4) is 0 Å². The number of anilines is 1. The topological polar surface area (TPSA) is 30.2 Å². The highest BCUT2D eigenvalue weighted by atomic mass is 16.5. The Kier molecular flexibility index (Phi) is 2.34. The Morgan fingerprint density at radius 2 is 2.00 bits per heavy atom. The van der Waals surface area contributed by atoms with Crippen molar-refractivity contribution in [2.45, 2.75) is 19.3 Å². The van der Waals surface area contributed by atoms with Gasteiger partial charge in [0.25, 0.3) is 0 Å². The van der Waals surface area contributed by atoms with Gasteiger partial charge in [-0.3, -0.25) is 0 Å². The van der Waals surface area contributed by atoms with Crippen LogP contribution >= 0.6 is 0 Å². The van der Waals surface area contributed by atoms with Crippen molar-refractivity contribution in [2.24, 2.45) is 0 Å². The third-order valence-corrected chi connectivity index (χ3v) is 2.48. The van der Waals surface area contributed by atoms with Crippen LogP contribution < -0.4 is 9.63 Å². The number of pyridine rings is 1. The first kappa shape index (κ1) is 8.35. The van der Waals surface area contributed by atoms with E-state index in [4.69, 9.17) is 0 Å². The van der Waals surface area contributed by atoms with Gasteiger partial charge in [0.1, 0.15) is 5.69 Å². The van der Waals surface area contributed by atoms with Gasteiger partial charge in [-0.25, -0.2) is 0 Å². The molecule has 0 radical (unpaired) electrons. The van der Waals surface area contributed by atoms with Crippen molar-refractivity contribution in [3.05, 3.63) is 29.7 Å². The summed E-state index contributed by atoms with van der Waals surface area (Å²) < 4.78 is 0.865. The molecule has 0 spiro atoms. The Hall–Kier alpha value is -1.25. The molecule has 0 atom stereocenters. The van der Waals surface area contributed by atoms with Gasteiger partial charge in [0.2, 0.25) is 6.20 Å². The van der Waals surface area contributed by atoms with Gasteiger partial charge in [0.15, 0.2) is 6.20 Å². The molecule has 0 amide bonds. The fourth-order valence-corrected chi connectivity index (χ4v) is 1.78. The van der Waals surface area contributed by atoms with Gasteiger partial charge >= 0.3 is 0 Å². The summed E-state index contributed by atoms with van der Waals surface area (Å²) in [4.78, 5) is 2.28. The minimum atomic E-state index is 0.865. The van der Waals surface area contributed by atoms with E-state index in [0.29, 0.717) is 0 Å². The predicted molar refractivity (Wildman–Crippen MR) is 51.5 cm³/mol. The molecule has 70 valence electrons. The summed E-state index contributed by atoms with van der Waals surface area (Å²) in [5.41, 5.74) is 1.05. The molecule has 0 aromatic carbocycles. The highest BCUT2D eigenvalue weighted by Crippen LogP contribution is 2.17. The molecule has 1 saturated heterocycles. The second kappa shape index (κ2) is 3.64. The minimum Gasteiger partial charge on any atom is -0.619 e. The van der Waals surface area contributed by atoms with Crippen LogP contribution in [0.15, 0.2) is 24.5 Å². The maximum atomic E-state index is 11.0. The van der Waals surface area contributed by atoms with Gasteiger partial charge < -0.3 is 10.1 Å². The van der Waals surface area contributed by atoms with Crippen molar-refractivity contribution in [3.63, 3.8) is 0 Å². The summed E-state index contributed by atoms with van der Waals surface area (Å²) in [5.74, 6) is 0. The van der Waals surface area contributed by atoms with E-state index in [1.165, 1.54) is 25.5 Å². The predicted octanol–water partition coefficient (Wildman–Crippen LogP) is 1.31. The maximum absolute atomic E-state index is 11.0. The first-order valence-electron chi connectivity index (χ1n) is 4.80. The van der Waals surface area contributed by atoms with Gasteiger partial charge in [-0.05, 0) is 25.3 Å². The molecule has 2 rings (SSSR count). The van der Waals surface area contributed by atoms with Crippen molar-refractivity contribution in [2.75, 3.05) is 18.0 Å². The highest BCUT2D eigenvalue weighted by Gasteiger charge is 2.12. The lowest BCUT2D eigenvalue weighted by molar-refractivity contribution is -0.604. The quantitative estimate of drug-likeness (QED) is 0.479. The van der Waals surface area contributed by atoms with Crippen LogP contribution in [-0.2, 0) is 0 Å². The van der Waals surface area contributed by atoms with Crippen LogP contribution in [0.5, 0.6) is 0 Å². The molecule has 0 aliphatic carbocycles. The molecule has 13 heavy (non-hydrogen) atoms. The fraction of sp³-hybridized carbons (Fsp3) is 0.500. The number of aromatic nitrogens is 1. The Labute approximate surface area is 78.2 Å². The molecule has 2 heterocycles. The van der Waals surface area contributed by atoms with Gasteiger partial charge in [-0.15, -0.1) is 0 Å². The van der Waals surface area contributed by atoms with Crippen molar-refractivity contribution in [1.82, 2.24) is 0 Å². The van der Waals surface area contributed by atoms with E-state index in [1.54, 1.807) is 12.3 Å². The average Bonchev–Trinajstić information content (AvgIpc) is 2.19. The number of hydrogen-bond donors (Lipinski definition) is 0. The van der Waals surface area contributed by atoms with Crippen LogP contribution in [-0.4, -0.2) is 13.1 Å². The highest BCUT2D eigenvalue weighted by molar-refractivity contribution is 5.42. The first-order valence-corrected chi connectivity index (χ1v) is 4.80. The number of nitrogens with zero attached hydrogens (tertiary/aromatic N) is 2. The second-order valence-corrected chi connectivity index (χ2v) is 3.47. The molecule has 3 nitrogen and oxygen atoms in total. The van der Waals surface area contributed by atoms with Gasteiger partial charge in [0, 0.05) is 19.2 Å². The largest absolute Gasteiger partial charge is 0.619 e. The van der Waals surface area contributed by atoms with Crippen molar-refractivity contribution in [1.29, 1.82) is 0 Å². The smallest absolute Gasteiger partial charge is 0.203 e. The summed E-state index contributed by atoms with van der Waals surface area (Å²) >= 11 is 0. The third kappa shape index (κ3) is 1.91. The summed E-state index contributed by atoms with van der Waals surface area (Å²) in [6.45, 7) is 2.17. The van der Waals surface area contributed by atoms with E-state index in [0.717, 1.165) is 23.5 Å². The van der Waals surface area contributed by atoms with Crippen LogP contribution in [0, 0.1) is 5.21 Å². The maximum Gasteiger partial charge on any atom is 0.203 e. The zero-order valence-electron chi connectivity index (χ0n) is 7.65. The van der Waals surface area contributed by atoms with E-state index >= 15 is 0 Å². The molecule has 1 fully saturated rings. The van der Waals surface area contributed by atoms with Crippen molar-refractivity contribution >= 4 is 5.69 Å². The lowest BCUT2D eigenvalue weighted by Crippen LogP contribution is -2.33. The lowest BCUT2D eigenvalue weighted by Gasteiger charge is -2.27. The zero-order chi connectivity index (χ0) is 9.10. The SMILES string of the molecule is [O-][n+]1cccc(N2CCCCC2)c1. The molecular formula is C10H14N2O. The molecule has 1 aromatic heterocycles. The second-order valence-electron chi connectivity index (χ2n) is 3.47. The minimum absolute atomic E-state index is 0.865. The molecule has 0 unspecified atom stereocenters. The van der Waals surface area contributed by atoms with E-state index in [2.05, 4.69) is 4.90 Å². The first-order chi connectivity index (χ1) is 6.36. The summed E-state index contributed by atoms with van der Waals surface area (Å²) in [6, 6.07) is 3.80. The molecule has 0 saturated carbocycles. The molecule has 1 aliphatic rings.